The first-order chi connectivity index (χ1) is 13.2. The van der Waals surface area contributed by atoms with Crippen LogP contribution in [0.4, 0.5) is 17.8 Å². The van der Waals surface area contributed by atoms with Crippen molar-refractivity contribution in [1.82, 2.24) is 15.0 Å². The maximum absolute atomic E-state index is 6.19. The largest absolute Gasteiger partial charge is 0.341 e. The molecule has 0 unspecified atom stereocenters. The first-order valence-electron chi connectivity index (χ1n) is 9.20. The van der Waals surface area contributed by atoms with Crippen molar-refractivity contribution in [2.24, 2.45) is 5.10 Å². The maximum atomic E-state index is 6.19. The predicted octanol–water partition coefficient (Wildman–Crippen LogP) is 3.82. The Morgan fingerprint density at radius 1 is 0.889 bits per heavy atom. The minimum absolute atomic E-state index is 0.434. The second-order valence-corrected chi connectivity index (χ2v) is 7.45. The summed E-state index contributed by atoms with van der Waals surface area (Å²) in [4.78, 5) is 18.2. The van der Waals surface area contributed by atoms with E-state index >= 15 is 0 Å². The van der Waals surface area contributed by atoms with Gasteiger partial charge in [0.1, 0.15) is 0 Å². The zero-order valence-corrected chi connectivity index (χ0v) is 16.4. The Labute approximate surface area is 168 Å². The van der Waals surface area contributed by atoms with Crippen molar-refractivity contribution in [2.45, 2.75) is 25.7 Å². The summed E-state index contributed by atoms with van der Waals surface area (Å²) in [7, 11) is 0. The van der Waals surface area contributed by atoms with E-state index in [4.69, 9.17) is 23.2 Å². The number of hydrazone groups is 1. The Kier molecular flexibility index (Phi) is 5.59. The van der Waals surface area contributed by atoms with Gasteiger partial charge in [-0.25, -0.2) is 5.43 Å². The van der Waals surface area contributed by atoms with Crippen LogP contribution in [0.15, 0.2) is 23.3 Å². The van der Waals surface area contributed by atoms with Crippen LogP contribution in [0.5, 0.6) is 0 Å². The molecular weight excluding hydrogens is 385 g/mol. The summed E-state index contributed by atoms with van der Waals surface area (Å²) >= 11 is 12.2. The number of rotatable bonds is 5. The second-order valence-electron chi connectivity index (χ2n) is 6.66. The van der Waals surface area contributed by atoms with Gasteiger partial charge in [-0.2, -0.15) is 20.1 Å². The molecule has 1 N–H and O–H groups in total. The molecule has 142 valence electrons. The zero-order chi connectivity index (χ0) is 18.6. The molecule has 9 heteroatoms. The van der Waals surface area contributed by atoms with E-state index in [-0.39, 0.29) is 0 Å². The number of aromatic nitrogens is 3. The van der Waals surface area contributed by atoms with Crippen LogP contribution in [0.25, 0.3) is 0 Å². The second kappa shape index (κ2) is 8.27. The van der Waals surface area contributed by atoms with E-state index < -0.39 is 0 Å². The van der Waals surface area contributed by atoms with Gasteiger partial charge < -0.3 is 9.80 Å². The maximum Gasteiger partial charge on any atom is 0.250 e. The lowest BCUT2D eigenvalue weighted by Crippen LogP contribution is -2.25. The predicted molar refractivity (Wildman–Crippen MR) is 110 cm³/mol. The lowest BCUT2D eigenvalue weighted by Gasteiger charge is -2.20. The van der Waals surface area contributed by atoms with Crippen LogP contribution in [0, 0.1) is 0 Å². The smallest absolute Gasteiger partial charge is 0.250 e. The molecule has 0 bridgehead atoms. The molecule has 1 aromatic heterocycles. The van der Waals surface area contributed by atoms with Crippen LogP contribution in [-0.4, -0.2) is 47.3 Å². The van der Waals surface area contributed by atoms with Crippen molar-refractivity contribution in [3.63, 3.8) is 0 Å². The number of halogens is 2. The standard InChI is InChI=1S/C18H21Cl2N7/c19-14-7-5-6-13(15(14)20)12-21-25-16-22-17(26-8-1-2-9-26)24-18(23-16)27-10-3-4-11-27/h5-7,12H,1-4,8-11H2,(H,22,23,24,25)/b21-12-. The molecule has 3 heterocycles. The molecule has 2 aliphatic heterocycles. The lowest BCUT2D eigenvalue weighted by atomic mass is 10.2. The SMILES string of the molecule is Clc1cccc(/C=N\Nc2nc(N3CCCC3)nc(N3CCCC3)n2)c1Cl. The Morgan fingerprint density at radius 2 is 1.48 bits per heavy atom. The van der Waals surface area contributed by atoms with Gasteiger partial charge in [0.05, 0.1) is 16.3 Å². The van der Waals surface area contributed by atoms with Gasteiger partial charge in [0, 0.05) is 31.7 Å². The minimum atomic E-state index is 0.434. The molecule has 0 saturated carbocycles. The topological polar surface area (TPSA) is 69.5 Å². The van der Waals surface area contributed by atoms with Gasteiger partial charge in [0.2, 0.25) is 17.8 Å². The molecule has 0 aliphatic carbocycles. The van der Waals surface area contributed by atoms with Gasteiger partial charge in [-0.3, -0.25) is 0 Å². The molecule has 2 aliphatic rings. The van der Waals surface area contributed by atoms with Gasteiger partial charge in [0.25, 0.3) is 0 Å². The third-order valence-electron chi connectivity index (χ3n) is 4.74. The fourth-order valence-electron chi connectivity index (χ4n) is 3.30. The highest BCUT2D eigenvalue weighted by atomic mass is 35.5. The molecular formula is C18H21Cl2N7. The van der Waals surface area contributed by atoms with Crippen molar-refractivity contribution in [3.05, 3.63) is 33.8 Å². The van der Waals surface area contributed by atoms with Crippen molar-refractivity contribution >= 4 is 47.3 Å². The van der Waals surface area contributed by atoms with E-state index in [1.807, 2.05) is 12.1 Å². The highest BCUT2D eigenvalue weighted by Gasteiger charge is 2.21. The summed E-state index contributed by atoms with van der Waals surface area (Å²) in [5.74, 6) is 1.86. The summed E-state index contributed by atoms with van der Waals surface area (Å²) in [6.45, 7) is 3.91. The van der Waals surface area contributed by atoms with Crippen LogP contribution < -0.4 is 15.2 Å². The summed E-state index contributed by atoms with van der Waals surface area (Å²) in [5.41, 5.74) is 3.65. The van der Waals surface area contributed by atoms with E-state index in [0.717, 1.165) is 31.7 Å². The van der Waals surface area contributed by atoms with Crippen molar-refractivity contribution in [3.8, 4) is 0 Å². The highest BCUT2D eigenvalue weighted by molar-refractivity contribution is 6.43. The molecule has 0 atom stereocenters. The molecule has 2 saturated heterocycles. The van der Waals surface area contributed by atoms with Crippen LogP contribution in [-0.2, 0) is 0 Å². The molecule has 2 aromatic rings. The summed E-state index contributed by atoms with van der Waals surface area (Å²) < 4.78 is 0. The van der Waals surface area contributed by atoms with E-state index in [1.165, 1.54) is 25.7 Å². The fourth-order valence-corrected chi connectivity index (χ4v) is 3.66. The fraction of sp³-hybridized carbons (Fsp3) is 0.444. The molecule has 0 amide bonds. The zero-order valence-electron chi connectivity index (χ0n) is 14.9. The number of anilines is 3. The van der Waals surface area contributed by atoms with Gasteiger partial charge >= 0.3 is 0 Å². The third kappa shape index (κ3) is 4.25. The normalized spacial score (nSPS) is 17.3. The Bertz CT molecular complexity index is 796. The van der Waals surface area contributed by atoms with Crippen LogP contribution in [0.2, 0.25) is 10.0 Å². The monoisotopic (exact) mass is 405 g/mol. The molecule has 7 nitrogen and oxygen atoms in total. The highest BCUT2D eigenvalue weighted by Crippen LogP contribution is 2.25. The molecule has 27 heavy (non-hydrogen) atoms. The first kappa shape index (κ1) is 18.3. The van der Waals surface area contributed by atoms with Crippen LogP contribution in [0.3, 0.4) is 0 Å². The first-order valence-corrected chi connectivity index (χ1v) is 9.95. The average Bonchev–Trinajstić information content (AvgIpc) is 3.39. The molecule has 0 spiro atoms. The average molecular weight is 406 g/mol. The quantitative estimate of drug-likeness (QED) is 0.601. The van der Waals surface area contributed by atoms with Gasteiger partial charge in [0.15, 0.2) is 0 Å². The summed E-state index contributed by atoms with van der Waals surface area (Å²) in [6.07, 6.45) is 6.28. The van der Waals surface area contributed by atoms with E-state index in [0.29, 0.717) is 27.9 Å². The molecule has 2 fully saturated rings. The van der Waals surface area contributed by atoms with Gasteiger partial charge in [-0.1, -0.05) is 35.3 Å². The van der Waals surface area contributed by atoms with E-state index in [9.17, 15) is 0 Å². The number of nitrogens with one attached hydrogen (secondary N) is 1. The molecule has 1 aromatic carbocycles. The van der Waals surface area contributed by atoms with Crippen molar-refractivity contribution < 1.29 is 0 Å². The van der Waals surface area contributed by atoms with E-state index in [2.05, 4.69) is 35.3 Å². The Hall–Kier alpha value is -2.12. The Balaban J connectivity index is 1.57. The van der Waals surface area contributed by atoms with Crippen molar-refractivity contribution in [1.29, 1.82) is 0 Å². The third-order valence-corrected chi connectivity index (χ3v) is 5.57. The minimum Gasteiger partial charge on any atom is -0.341 e. The van der Waals surface area contributed by atoms with Crippen LogP contribution >= 0.6 is 23.2 Å². The summed E-state index contributed by atoms with van der Waals surface area (Å²) in [6, 6.07) is 5.42. The van der Waals surface area contributed by atoms with Gasteiger partial charge in [-0.15, -0.1) is 0 Å². The number of hydrogen-bond donors (Lipinski definition) is 1. The number of benzene rings is 1. The number of nitrogens with zero attached hydrogens (tertiary/aromatic N) is 6. The van der Waals surface area contributed by atoms with Crippen molar-refractivity contribution in [2.75, 3.05) is 41.4 Å². The van der Waals surface area contributed by atoms with Gasteiger partial charge in [-0.05, 0) is 31.7 Å². The van der Waals surface area contributed by atoms with Crippen LogP contribution in [0.1, 0.15) is 31.2 Å². The molecule has 0 radical (unpaired) electrons. The Morgan fingerprint density at radius 3 is 2.07 bits per heavy atom. The molecule has 4 rings (SSSR count). The lowest BCUT2D eigenvalue weighted by molar-refractivity contribution is 0.838. The van der Waals surface area contributed by atoms with E-state index in [1.54, 1.807) is 12.3 Å². The summed E-state index contributed by atoms with van der Waals surface area (Å²) in [5, 5.41) is 5.20. The number of hydrogen-bond acceptors (Lipinski definition) is 7.